The summed E-state index contributed by atoms with van der Waals surface area (Å²) >= 11 is 0. The van der Waals surface area contributed by atoms with E-state index in [1.165, 1.54) is 0 Å². The third-order valence-corrected chi connectivity index (χ3v) is 1.61. The van der Waals surface area contributed by atoms with Crippen LogP contribution in [0.3, 0.4) is 0 Å². The van der Waals surface area contributed by atoms with Crippen LogP contribution in [0.25, 0.3) is 0 Å². The number of amides is 1. The smallest absolute Gasteiger partial charge is 0.411 e. The zero-order valence-electron chi connectivity index (χ0n) is 6.28. The Bertz CT molecular complexity index is 134. The van der Waals surface area contributed by atoms with Crippen molar-refractivity contribution in [1.82, 2.24) is 4.90 Å². The van der Waals surface area contributed by atoms with E-state index in [0.717, 1.165) is 25.9 Å². The van der Waals surface area contributed by atoms with Crippen LogP contribution < -0.4 is 5.90 Å². The standard InChI is InChI=1S/C6H12N2O3/c7-11-5-10-6(9)8-3-1-2-4-8/h1-5,7H2. The van der Waals surface area contributed by atoms with E-state index >= 15 is 0 Å². The minimum atomic E-state index is -0.340. The lowest BCUT2D eigenvalue weighted by molar-refractivity contribution is -0.0270. The number of rotatable bonds is 2. The summed E-state index contributed by atoms with van der Waals surface area (Å²) in [7, 11) is 0. The molecule has 5 heteroatoms. The van der Waals surface area contributed by atoms with E-state index in [1.54, 1.807) is 4.90 Å². The Morgan fingerprint density at radius 1 is 1.45 bits per heavy atom. The largest absolute Gasteiger partial charge is 0.421 e. The molecule has 1 saturated heterocycles. The molecule has 64 valence electrons. The number of hydrogen-bond donors (Lipinski definition) is 1. The van der Waals surface area contributed by atoms with E-state index in [1.807, 2.05) is 0 Å². The molecular formula is C6H12N2O3. The molecule has 0 aromatic rings. The third-order valence-electron chi connectivity index (χ3n) is 1.61. The minimum absolute atomic E-state index is 0.171. The van der Waals surface area contributed by atoms with Crippen LogP contribution >= 0.6 is 0 Å². The highest BCUT2D eigenvalue weighted by molar-refractivity contribution is 5.67. The summed E-state index contributed by atoms with van der Waals surface area (Å²) in [6.07, 6.45) is 1.77. The monoisotopic (exact) mass is 160 g/mol. The number of nitrogens with zero attached hydrogens (tertiary/aromatic N) is 1. The topological polar surface area (TPSA) is 64.8 Å². The normalized spacial score (nSPS) is 17.0. The molecule has 1 heterocycles. The number of nitrogens with two attached hydrogens (primary N) is 1. The van der Waals surface area contributed by atoms with Crippen molar-refractivity contribution < 1.29 is 14.4 Å². The van der Waals surface area contributed by atoms with Crippen molar-refractivity contribution in [2.75, 3.05) is 19.9 Å². The first-order chi connectivity index (χ1) is 5.34. The summed E-state index contributed by atoms with van der Waals surface area (Å²) in [5.74, 6) is 4.68. The van der Waals surface area contributed by atoms with Gasteiger partial charge in [-0.1, -0.05) is 0 Å². The van der Waals surface area contributed by atoms with E-state index in [2.05, 4.69) is 15.5 Å². The summed E-state index contributed by atoms with van der Waals surface area (Å²) in [5.41, 5.74) is 0. The fourth-order valence-electron chi connectivity index (χ4n) is 1.08. The lowest BCUT2D eigenvalue weighted by atomic mass is 10.4. The second-order valence-electron chi connectivity index (χ2n) is 2.39. The van der Waals surface area contributed by atoms with Crippen LogP contribution in [0.5, 0.6) is 0 Å². The molecule has 0 spiro atoms. The van der Waals surface area contributed by atoms with Crippen LogP contribution in [-0.4, -0.2) is 30.9 Å². The molecule has 1 rings (SSSR count). The van der Waals surface area contributed by atoms with Gasteiger partial charge in [0.25, 0.3) is 0 Å². The molecule has 0 atom stereocenters. The molecule has 1 amide bonds. The first kappa shape index (κ1) is 8.29. The van der Waals surface area contributed by atoms with Gasteiger partial charge in [-0.25, -0.2) is 10.7 Å². The van der Waals surface area contributed by atoms with Gasteiger partial charge in [-0.05, 0) is 12.8 Å². The summed E-state index contributed by atoms with van der Waals surface area (Å²) in [6, 6.07) is 0. The van der Waals surface area contributed by atoms with Crippen molar-refractivity contribution in [3.05, 3.63) is 0 Å². The van der Waals surface area contributed by atoms with Gasteiger partial charge in [0.05, 0.1) is 0 Å². The molecule has 0 aliphatic carbocycles. The molecule has 1 aliphatic heterocycles. The van der Waals surface area contributed by atoms with Gasteiger partial charge in [-0.15, -0.1) is 0 Å². The highest BCUT2D eigenvalue weighted by Gasteiger charge is 2.18. The number of ether oxygens (including phenoxy) is 1. The zero-order valence-corrected chi connectivity index (χ0v) is 6.28. The van der Waals surface area contributed by atoms with Gasteiger partial charge < -0.3 is 9.64 Å². The maximum Gasteiger partial charge on any atom is 0.411 e. The highest BCUT2D eigenvalue weighted by Crippen LogP contribution is 2.08. The third kappa shape index (κ3) is 2.36. The molecule has 11 heavy (non-hydrogen) atoms. The van der Waals surface area contributed by atoms with Crippen molar-refractivity contribution in [3.8, 4) is 0 Å². The quantitative estimate of drug-likeness (QED) is 0.458. The van der Waals surface area contributed by atoms with Crippen LogP contribution in [0.2, 0.25) is 0 Å². The summed E-state index contributed by atoms with van der Waals surface area (Å²) < 4.78 is 4.61. The summed E-state index contributed by atoms with van der Waals surface area (Å²) in [5, 5.41) is 0. The maximum atomic E-state index is 11.0. The van der Waals surface area contributed by atoms with Crippen LogP contribution in [0.1, 0.15) is 12.8 Å². The second-order valence-corrected chi connectivity index (χ2v) is 2.39. The summed E-state index contributed by atoms with van der Waals surface area (Å²) in [4.78, 5) is 16.7. The number of likely N-dealkylation sites (tertiary alicyclic amines) is 1. The van der Waals surface area contributed by atoms with Crippen molar-refractivity contribution in [1.29, 1.82) is 0 Å². The van der Waals surface area contributed by atoms with Crippen LogP contribution in [0.4, 0.5) is 4.79 Å². The SMILES string of the molecule is NOCOC(=O)N1CCCC1. The molecule has 1 fully saturated rings. The van der Waals surface area contributed by atoms with Gasteiger partial charge in [0.2, 0.25) is 6.79 Å². The first-order valence-corrected chi connectivity index (χ1v) is 3.58. The maximum absolute atomic E-state index is 11.0. The van der Waals surface area contributed by atoms with Crippen LogP contribution in [0, 0.1) is 0 Å². The predicted octanol–water partition coefficient (Wildman–Crippen LogP) is 0.0666. The van der Waals surface area contributed by atoms with Crippen molar-refractivity contribution >= 4 is 6.09 Å². The Morgan fingerprint density at radius 2 is 2.09 bits per heavy atom. The Labute approximate surface area is 65.0 Å². The van der Waals surface area contributed by atoms with Gasteiger partial charge in [0, 0.05) is 13.1 Å². The van der Waals surface area contributed by atoms with E-state index in [0.29, 0.717) is 0 Å². The number of hydrogen-bond acceptors (Lipinski definition) is 4. The lowest BCUT2D eigenvalue weighted by Gasteiger charge is -2.13. The molecule has 0 unspecified atom stereocenters. The van der Waals surface area contributed by atoms with Crippen molar-refractivity contribution in [2.45, 2.75) is 12.8 Å². The molecule has 1 aliphatic rings. The zero-order chi connectivity index (χ0) is 8.10. The minimum Gasteiger partial charge on any atom is -0.421 e. The molecular weight excluding hydrogens is 148 g/mol. The van der Waals surface area contributed by atoms with Crippen LogP contribution in [-0.2, 0) is 9.57 Å². The molecule has 0 bridgehead atoms. The summed E-state index contributed by atoms with van der Waals surface area (Å²) in [6.45, 7) is 1.39. The van der Waals surface area contributed by atoms with Crippen molar-refractivity contribution in [2.24, 2.45) is 5.90 Å². The van der Waals surface area contributed by atoms with E-state index in [9.17, 15) is 4.79 Å². The van der Waals surface area contributed by atoms with Gasteiger partial charge in [0.1, 0.15) is 0 Å². The van der Waals surface area contributed by atoms with E-state index < -0.39 is 0 Å². The molecule has 0 aromatic carbocycles. The Balaban J connectivity index is 2.17. The predicted molar refractivity (Wildman–Crippen MR) is 37.4 cm³/mol. The fraction of sp³-hybridized carbons (Fsp3) is 0.833. The Hall–Kier alpha value is -0.810. The van der Waals surface area contributed by atoms with E-state index in [4.69, 9.17) is 0 Å². The van der Waals surface area contributed by atoms with Gasteiger partial charge in [-0.2, -0.15) is 0 Å². The number of carbonyl (C=O) groups is 1. The molecule has 5 nitrogen and oxygen atoms in total. The van der Waals surface area contributed by atoms with Crippen LogP contribution in [0.15, 0.2) is 0 Å². The van der Waals surface area contributed by atoms with Gasteiger partial charge in [0.15, 0.2) is 0 Å². The lowest BCUT2D eigenvalue weighted by Crippen LogP contribution is -2.29. The molecule has 0 radical (unpaired) electrons. The number of carbonyl (C=O) groups excluding carboxylic acids is 1. The molecule has 2 N–H and O–H groups in total. The average molecular weight is 160 g/mol. The van der Waals surface area contributed by atoms with Gasteiger partial charge in [-0.3, -0.25) is 4.84 Å². The highest BCUT2D eigenvalue weighted by atomic mass is 16.7. The average Bonchev–Trinajstić information content (AvgIpc) is 2.52. The first-order valence-electron chi connectivity index (χ1n) is 3.58. The second kappa shape index (κ2) is 4.15. The molecule has 0 saturated carbocycles. The Morgan fingerprint density at radius 3 is 2.64 bits per heavy atom. The fourth-order valence-corrected chi connectivity index (χ4v) is 1.08. The van der Waals surface area contributed by atoms with Gasteiger partial charge >= 0.3 is 6.09 Å². The molecule has 0 aromatic heterocycles. The Kier molecular flexibility index (Phi) is 3.13. The van der Waals surface area contributed by atoms with E-state index in [-0.39, 0.29) is 12.9 Å². The van der Waals surface area contributed by atoms with Crippen molar-refractivity contribution in [3.63, 3.8) is 0 Å².